The maximum absolute atomic E-state index is 12.5. The van der Waals surface area contributed by atoms with E-state index in [1.165, 1.54) is 11.8 Å². The van der Waals surface area contributed by atoms with Gasteiger partial charge in [0.1, 0.15) is 17.2 Å². The van der Waals surface area contributed by atoms with Gasteiger partial charge in [-0.05, 0) is 55.5 Å². The Morgan fingerprint density at radius 2 is 1.64 bits per heavy atom. The van der Waals surface area contributed by atoms with Crippen molar-refractivity contribution in [1.82, 2.24) is 14.8 Å². The van der Waals surface area contributed by atoms with Gasteiger partial charge in [0.05, 0.1) is 18.4 Å². The van der Waals surface area contributed by atoms with E-state index in [-0.39, 0.29) is 11.7 Å². The van der Waals surface area contributed by atoms with Crippen molar-refractivity contribution in [2.45, 2.75) is 18.6 Å². The molecule has 0 spiro atoms. The Labute approximate surface area is 196 Å². The molecule has 0 unspecified atom stereocenters. The molecule has 0 radical (unpaired) electrons. The number of rotatable bonds is 9. The molecule has 1 amide bonds. The predicted octanol–water partition coefficient (Wildman–Crippen LogP) is 5.50. The topological polar surface area (TPSA) is 78.3 Å². The molecular formula is C25H24N4O3S. The van der Waals surface area contributed by atoms with Crippen LogP contribution in [0.4, 0.5) is 5.69 Å². The van der Waals surface area contributed by atoms with E-state index in [1.807, 2.05) is 90.4 Å². The summed E-state index contributed by atoms with van der Waals surface area (Å²) in [4.78, 5) is 12.5. The number of para-hydroxylation sites is 2. The summed E-state index contributed by atoms with van der Waals surface area (Å²) in [5.41, 5.74) is 1.57. The van der Waals surface area contributed by atoms with Gasteiger partial charge in [-0.2, -0.15) is 0 Å². The molecule has 0 aliphatic heterocycles. The molecule has 1 aromatic heterocycles. The van der Waals surface area contributed by atoms with Gasteiger partial charge >= 0.3 is 0 Å². The molecule has 1 N–H and O–H groups in total. The number of hydrogen-bond donors (Lipinski definition) is 1. The lowest BCUT2D eigenvalue weighted by Gasteiger charge is -2.10. The summed E-state index contributed by atoms with van der Waals surface area (Å²) in [6.07, 6.45) is 0. The Balaban J connectivity index is 1.37. The van der Waals surface area contributed by atoms with Crippen molar-refractivity contribution in [3.63, 3.8) is 0 Å². The summed E-state index contributed by atoms with van der Waals surface area (Å²) in [5, 5.41) is 12.2. The van der Waals surface area contributed by atoms with Gasteiger partial charge in [0.2, 0.25) is 5.91 Å². The zero-order chi connectivity index (χ0) is 23.0. The fourth-order valence-corrected chi connectivity index (χ4v) is 4.07. The van der Waals surface area contributed by atoms with Gasteiger partial charge in [-0.3, -0.25) is 4.79 Å². The van der Waals surface area contributed by atoms with Crippen molar-refractivity contribution in [2.75, 3.05) is 18.2 Å². The second-order valence-electron chi connectivity index (χ2n) is 7.03. The average Bonchev–Trinajstić information content (AvgIpc) is 3.27. The van der Waals surface area contributed by atoms with Gasteiger partial charge in [0.15, 0.2) is 11.0 Å². The number of carbonyl (C=O) groups is 1. The van der Waals surface area contributed by atoms with E-state index in [2.05, 4.69) is 15.5 Å². The fourth-order valence-electron chi connectivity index (χ4n) is 3.27. The van der Waals surface area contributed by atoms with Crippen molar-refractivity contribution in [2.24, 2.45) is 0 Å². The highest BCUT2D eigenvalue weighted by Gasteiger charge is 2.17. The zero-order valence-electron chi connectivity index (χ0n) is 18.4. The average molecular weight is 461 g/mol. The van der Waals surface area contributed by atoms with E-state index >= 15 is 0 Å². The van der Waals surface area contributed by atoms with Crippen LogP contribution in [0, 0.1) is 0 Å². The highest BCUT2D eigenvalue weighted by Crippen LogP contribution is 2.31. The van der Waals surface area contributed by atoms with Crippen LogP contribution in [0.5, 0.6) is 17.2 Å². The van der Waals surface area contributed by atoms with Crippen LogP contribution in [-0.2, 0) is 11.3 Å². The van der Waals surface area contributed by atoms with Crippen LogP contribution in [0.1, 0.15) is 6.92 Å². The molecular weight excluding hydrogens is 436 g/mol. The highest BCUT2D eigenvalue weighted by molar-refractivity contribution is 7.99. The largest absolute Gasteiger partial charge is 0.496 e. The van der Waals surface area contributed by atoms with Gasteiger partial charge in [0.25, 0.3) is 0 Å². The summed E-state index contributed by atoms with van der Waals surface area (Å²) in [5.74, 6) is 3.00. The zero-order valence-corrected chi connectivity index (χ0v) is 19.2. The van der Waals surface area contributed by atoms with Crippen LogP contribution in [0.15, 0.2) is 84.0 Å². The minimum Gasteiger partial charge on any atom is -0.496 e. The van der Waals surface area contributed by atoms with E-state index in [1.54, 1.807) is 7.11 Å². The second kappa shape index (κ2) is 10.7. The van der Waals surface area contributed by atoms with Crippen molar-refractivity contribution in [3.05, 3.63) is 78.9 Å². The SMILES string of the molecule is CCn1c(SCC(=O)Nc2ccc(Oc3ccccc3)cc2)nnc1-c1ccccc1OC. The third-order valence-corrected chi connectivity index (χ3v) is 5.80. The first-order valence-electron chi connectivity index (χ1n) is 10.5. The number of thioether (sulfide) groups is 1. The lowest BCUT2D eigenvalue weighted by atomic mass is 10.2. The van der Waals surface area contributed by atoms with E-state index in [4.69, 9.17) is 9.47 Å². The van der Waals surface area contributed by atoms with Crippen molar-refractivity contribution in [3.8, 4) is 28.6 Å². The molecule has 4 rings (SSSR count). The first-order valence-corrected chi connectivity index (χ1v) is 11.5. The first-order chi connectivity index (χ1) is 16.2. The van der Waals surface area contributed by atoms with Gasteiger partial charge in [-0.25, -0.2) is 0 Å². The number of aromatic nitrogens is 3. The molecule has 0 aliphatic rings. The third-order valence-electron chi connectivity index (χ3n) is 4.83. The fraction of sp³-hybridized carbons (Fsp3) is 0.160. The molecule has 0 bridgehead atoms. The number of ether oxygens (including phenoxy) is 2. The van der Waals surface area contributed by atoms with Crippen molar-refractivity contribution < 1.29 is 14.3 Å². The molecule has 0 atom stereocenters. The monoisotopic (exact) mass is 460 g/mol. The van der Waals surface area contributed by atoms with Crippen LogP contribution >= 0.6 is 11.8 Å². The van der Waals surface area contributed by atoms with Gasteiger partial charge in [-0.15, -0.1) is 10.2 Å². The maximum Gasteiger partial charge on any atom is 0.234 e. The van der Waals surface area contributed by atoms with Crippen LogP contribution < -0.4 is 14.8 Å². The molecule has 1 heterocycles. The van der Waals surface area contributed by atoms with E-state index in [0.29, 0.717) is 29.0 Å². The standard InChI is InChI=1S/C25H24N4O3S/c1-3-29-24(21-11-7-8-12-22(21)31-2)27-28-25(29)33-17-23(30)26-18-13-15-20(16-14-18)32-19-9-5-4-6-10-19/h4-16H,3,17H2,1-2H3,(H,26,30). The number of anilines is 1. The Morgan fingerprint density at radius 1 is 0.939 bits per heavy atom. The number of carbonyl (C=O) groups excluding carboxylic acids is 1. The summed E-state index contributed by atoms with van der Waals surface area (Å²) >= 11 is 1.34. The predicted molar refractivity (Wildman–Crippen MR) is 130 cm³/mol. The van der Waals surface area contributed by atoms with Crippen LogP contribution in [-0.4, -0.2) is 33.5 Å². The number of methoxy groups -OCH3 is 1. The number of nitrogens with zero attached hydrogens (tertiary/aromatic N) is 3. The normalized spacial score (nSPS) is 10.6. The lowest BCUT2D eigenvalue weighted by Crippen LogP contribution is -2.14. The van der Waals surface area contributed by atoms with Gasteiger partial charge in [-0.1, -0.05) is 42.1 Å². The number of amides is 1. The summed E-state index contributed by atoms with van der Waals surface area (Å²) < 4.78 is 13.2. The van der Waals surface area contributed by atoms with Crippen LogP contribution in [0.2, 0.25) is 0 Å². The molecule has 0 saturated carbocycles. The van der Waals surface area contributed by atoms with Crippen molar-refractivity contribution >= 4 is 23.4 Å². The minimum absolute atomic E-state index is 0.124. The molecule has 7 nitrogen and oxygen atoms in total. The quantitative estimate of drug-likeness (QED) is 0.333. The highest BCUT2D eigenvalue weighted by atomic mass is 32.2. The molecule has 33 heavy (non-hydrogen) atoms. The summed E-state index contributed by atoms with van der Waals surface area (Å²) in [6.45, 7) is 2.69. The molecule has 3 aromatic carbocycles. The molecule has 8 heteroatoms. The molecule has 4 aromatic rings. The Morgan fingerprint density at radius 3 is 2.36 bits per heavy atom. The van der Waals surface area contributed by atoms with Crippen LogP contribution in [0.3, 0.4) is 0 Å². The Kier molecular flexibility index (Phi) is 7.26. The third kappa shape index (κ3) is 5.53. The minimum atomic E-state index is -0.124. The van der Waals surface area contributed by atoms with E-state index < -0.39 is 0 Å². The Bertz CT molecular complexity index is 1210. The molecule has 0 aliphatic carbocycles. The smallest absolute Gasteiger partial charge is 0.234 e. The molecule has 0 fully saturated rings. The van der Waals surface area contributed by atoms with E-state index in [0.717, 1.165) is 17.1 Å². The first kappa shape index (κ1) is 22.4. The van der Waals surface area contributed by atoms with Crippen LogP contribution in [0.25, 0.3) is 11.4 Å². The second-order valence-corrected chi connectivity index (χ2v) is 7.97. The van der Waals surface area contributed by atoms with E-state index in [9.17, 15) is 4.79 Å². The number of nitrogens with one attached hydrogen (secondary N) is 1. The summed E-state index contributed by atoms with van der Waals surface area (Å²) in [6, 6.07) is 24.5. The molecule has 0 saturated heterocycles. The number of benzene rings is 3. The molecule has 168 valence electrons. The van der Waals surface area contributed by atoms with Gasteiger partial charge in [0, 0.05) is 12.2 Å². The van der Waals surface area contributed by atoms with Gasteiger partial charge < -0.3 is 19.4 Å². The number of hydrogen-bond acceptors (Lipinski definition) is 6. The lowest BCUT2D eigenvalue weighted by molar-refractivity contribution is -0.113. The Hall–Kier alpha value is -3.78. The van der Waals surface area contributed by atoms with Crippen molar-refractivity contribution in [1.29, 1.82) is 0 Å². The maximum atomic E-state index is 12.5. The summed E-state index contributed by atoms with van der Waals surface area (Å²) in [7, 11) is 1.63.